The van der Waals surface area contributed by atoms with Crippen molar-refractivity contribution in [3.05, 3.63) is 58.2 Å². The first-order chi connectivity index (χ1) is 10.1. The topological polar surface area (TPSA) is 52.6 Å². The number of halogens is 1. The van der Waals surface area contributed by atoms with Crippen LogP contribution >= 0.6 is 20.6 Å². The summed E-state index contributed by atoms with van der Waals surface area (Å²) in [4.78, 5) is 22.2. The van der Waals surface area contributed by atoms with Gasteiger partial charge in [0.25, 0.3) is 0 Å². The molecule has 0 atom stereocenters. The van der Waals surface area contributed by atoms with Crippen LogP contribution in [0.2, 0.25) is 0 Å². The Bertz CT molecular complexity index is 606. The van der Waals surface area contributed by atoms with Crippen LogP contribution in [0.25, 0.3) is 11.1 Å². The van der Waals surface area contributed by atoms with Crippen LogP contribution in [0, 0.1) is 3.57 Å². The Morgan fingerprint density at radius 2 is 1.24 bits per heavy atom. The van der Waals surface area contributed by atoms with Crippen molar-refractivity contribution in [2.24, 2.45) is 0 Å². The average Bonchev–Trinajstić information content (AvgIpc) is 2.47. The normalized spacial score (nSPS) is 10.7. The third-order valence-corrected chi connectivity index (χ3v) is 6.26. The van der Waals surface area contributed by atoms with E-state index in [1.165, 1.54) is 13.8 Å². The fourth-order valence-corrected chi connectivity index (χ4v) is 4.35. The number of benzene rings is 2. The predicted molar refractivity (Wildman–Crippen MR) is 88.1 cm³/mol. The zero-order valence-corrected chi connectivity index (χ0v) is 13.9. The molecule has 0 heterocycles. The van der Waals surface area contributed by atoms with E-state index < -0.39 is 32.6 Å². The minimum atomic E-state index is -2.71. The fourth-order valence-electron chi connectivity index (χ4n) is 1.68. The monoisotopic (exact) mass is 398 g/mol. The molecule has 5 heteroatoms. The summed E-state index contributed by atoms with van der Waals surface area (Å²) < 4.78 is 11.1. The molecule has 4 nitrogen and oxygen atoms in total. The van der Waals surface area contributed by atoms with Gasteiger partial charge < -0.3 is 0 Å². The molecule has 0 spiro atoms. The van der Waals surface area contributed by atoms with Gasteiger partial charge in [-0.15, -0.1) is 0 Å². The van der Waals surface area contributed by atoms with Crippen molar-refractivity contribution in [1.29, 1.82) is 0 Å². The van der Waals surface area contributed by atoms with Crippen LogP contribution in [-0.2, 0) is 15.7 Å². The summed E-state index contributed by atoms with van der Waals surface area (Å²) in [7, 11) is 0. The van der Waals surface area contributed by atoms with Crippen molar-refractivity contribution in [1.82, 2.24) is 0 Å². The molecule has 2 rings (SSSR count). The average molecular weight is 398 g/mol. The van der Waals surface area contributed by atoms with E-state index in [-0.39, 0.29) is 0 Å². The molecular formula is C16H15IO4. The molecule has 0 aliphatic carbocycles. The maximum atomic E-state index is 11.1. The SMILES string of the molecule is CC(=O)OI(OC(C)=O)c1ccc(-c2ccccc2)cc1. The third-order valence-electron chi connectivity index (χ3n) is 2.49. The summed E-state index contributed by atoms with van der Waals surface area (Å²) in [6.07, 6.45) is 0. The van der Waals surface area contributed by atoms with Crippen molar-refractivity contribution in [3.8, 4) is 11.1 Å². The molecule has 0 N–H and O–H groups in total. The van der Waals surface area contributed by atoms with Crippen LogP contribution in [0.1, 0.15) is 13.8 Å². The third kappa shape index (κ3) is 4.56. The first-order valence-corrected chi connectivity index (χ1v) is 9.14. The second-order valence-electron chi connectivity index (χ2n) is 4.23. The number of carbonyl (C=O) groups excluding carboxylic acids is 2. The maximum absolute atomic E-state index is 11.1. The Morgan fingerprint density at radius 1 is 0.762 bits per heavy atom. The molecule has 0 saturated carbocycles. The number of hydrogen-bond donors (Lipinski definition) is 0. The second kappa shape index (κ2) is 7.21. The Morgan fingerprint density at radius 3 is 1.71 bits per heavy atom. The van der Waals surface area contributed by atoms with Crippen LogP contribution < -0.4 is 0 Å². The van der Waals surface area contributed by atoms with Crippen molar-refractivity contribution in [2.45, 2.75) is 13.8 Å². The Balaban J connectivity index is 2.22. The summed E-state index contributed by atoms with van der Waals surface area (Å²) in [6.45, 7) is 2.62. The molecular weight excluding hydrogens is 383 g/mol. The van der Waals surface area contributed by atoms with Gasteiger partial charge in [0.15, 0.2) is 0 Å². The van der Waals surface area contributed by atoms with Gasteiger partial charge >= 0.3 is 131 Å². The van der Waals surface area contributed by atoms with Crippen molar-refractivity contribution >= 4 is 32.6 Å². The molecule has 21 heavy (non-hydrogen) atoms. The van der Waals surface area contributed by atoms with Gasteiger partial charge in [-0.05, 0) is 0 Å². The second-order valence-corrected chi connectivity index (χ2v) is 7.59. The summed E-state index contributed by atoms with van der Waals surface area (Å²) in [5.41, 5.74) is 2.16. The molecule has 2 aromatic rings. The molecule has 0 bridgehead atoms. The van der Waals surface area contributed by atoms with Crippen LogP contribution in [0.5, 0.6) is 0 Å². The molecule has 0 unspecified atom stereocenters. The summed E-state index contributed by atoms with van der Waals surface area (Å²) in [6, 6.07) is 17.5. The minimum absolute atomic E-state index is 0.436. The van der Waals surface area contributed by atoms with Gasteiger partial charge in [-0.3, -0.25) is 0 Å². The van der Waals surface area contributed by atoms with E-state index in [2.05, 4.69) is 0 Å². The Labute approximate surface area is 131 Å². The number of rotatable bonds is 4. The molecule has 2 aromatic carbocycles. The zero-order valence-electron chi connectivity index (χ0n) is 11.7. The molecule has 0 radical (unpaired) electrons. The van der Waals surface area contributed by atoms with Crippen LogP contribution in [-0.4, -0.2) is 11.9 Å². The van der Waals surface area contributed by atoms with Crippen molar-refractivity contribution in [3.63, 3.8) is 0 Å². The molecule has 0 fully saturated rings. The Hall–Kier alpha value is -1.89. The van der Waals surface area contributed by atoms with Gasteiger partial charge in [0.1, 0.15) is 0 Å². The molecule has 0 saturated heterocycles. The summed E-state index contributed by atoms with van der Waals surface area (Å²) in [5.74, 6) is -0.873. The van der Waals surface area contributed by atoms with Crippen molar-refractivity contribution < 1.29 is 15.7 Å². The number of hydrogen-bond acceptors (Lipinski definition) is 4. The standard InChI is InChI=1S/C16H15IO4/c1-12(18)20-17(21-13(2)19)16-10-8-15(9-11-16)14-6-4-3-5-7-14/h3-11H,1-2H3. The van der Waals surface area contributed by atoms with Gasteiger partial charge in [0.05, 0.1) is 0 Å². The van der Waals surface area contributed by atoms with Crippen LogP contribution in [0.4, 0.5) is 0 Å². The van der Waals surface area contributed by atoms with E-state index in [4.69, 9.17) is 6.13 Å². The van der Waals surface area contributed by atoms with Gasteiger partial charge in [-0.2, -0.15) is 0 Å². The van der Waals surface area contributed by atoms with E-state index >= 15 is 0 Å². The zero-order chi connectivity index (χ0) is 15.2. The number of carbonyl (C=O) groups is 2. The quantitative estimate of drug-likeness (QED) is 0.732. The van der Waals surface area contributed by atoms with E-state index in [9.17, 15) is 9.59 Å². The molecule has 0 amide bonds. The van der Waals surface area contributed by atoms with Crippen LogP contribution in [0.3, 0.4) is 0 Å². The molecule has 0 aliphatic heterocycles. The summed E-state index contributed by atoms with van der Waals surface area (Å²) >= 11 is -2.71. The Kier molecular flexibility index (Phi) is 5.32. The fraction of sp³-hybridized carbons (Fsp3) is 0.125. The first-order valence-electron chi connectivity index (χ1n) is 6.30. The van der Waals surface area contributed by atoms with Gasteiger partial charge in [-0.1, -0.05) is 0 Å². The van der Waals surface area contributed by atoms with Gasteiger partial charge in [-0.25, -0.2) is 0 Å². The van der Waals surface area contributed by atoms with E-state index in [0.717, 1.165) is 14.7 Å². The van der Waals surface area contributed by atoms with Crippen molar-refractivity contribution in [2.75, 3.05) is 0 Å². The molecule has 0 aromatic heterocycles. The van der Waals surface area contributed by atoms with E-state index in [1.807, 2.05) is 54.6 Å². The molecule has 110 valence electrons. The van der Waals surface area contributed by atoms with Crippen LogP contribution in [0.15, 0.2) is 54.6 Å². The molecule has 0 aliphatic rings. The predicted octanol–water partition coefficient (Wildman–Crippen LogP) is 3.99. The summed E-state index contributed by atoms with van der Waals surface area (Å²) in [5, 5.41) is 0. The van der Waals surface area contributed by atoms with E-state index in [1.54, 1.807) is 0 Å². The van der Waals surface area contributed by atoms with E-state index in [0.29, 0.717) is 0 Å². The van der Waals surface area contributed by atoms with Gasteiger partial charge in [0.2, 0.25) is 0 Å². The first kappa shape index (κ1) is 15.5. The van der Waals surface area contributed by atoms with Gasteiger partial charge in [0, 0.05) is 0 Å².